The van der Waals surface area contributed by atoms with E-state index in [0.29, 0.717) is 11.7 Å². The zero-order chi connectivity index (χ0) is 9.85. The summed E-state index contributed by atoms with van der Waals surface area (Å²) >= 11 is 5.99. The van der Waals surface area contributed by atoms with Gasteiger partial charge in [0.25, 0.3) is 0 Å². The molecule has 0 aliphatic heterocycles. The number of hydrogen-bond donors (Lipinski definition) is 0. The molecule has 2 aliphatic rings. The maximum absolute atomic E-state index is 12.0. The van der Waals surface area contributed by atoms with E-state index < -0.39 is 0 Å². The number of carbonyl (C=O) groups is 1. The Morgan fingerprint density at radius 1 is 1.62 bits per heavy atom. The predicted octanol–water partition coefficient (Wildman–Crippen LogP) is 3.19. The van der Waals surface area contributed by atoms with Gasteiger partial charge in [-0.2, -0.15) is 0 Å². The third kappa shape index (κ3) is 1.01. The van der Waals surface area contributed by atoms with E-state index in [9.17, 15) is 4.79 Å². The van der Waals surface area contributed by atoms with Crippen LogP contribution in [-0.4, -0.2) is 15.0 Å². The van der Waals surface area contributed by atoms with Crippen LogP contribution in [0.15, 0.2) is 0 Å². The quantitative estimate of drug-likeness (QED) is 0.521. The minimum Gasteiger partial charge on any atom is -0.298 e. The van der Waals surface area contributed by atoms with E-state index in [-0.39, 0.29) is 15.7 Å². The standard InChI is InChI=1S/C10H14BrIO/c1-9-4-3-6(7(11)8(9)13)10(9,2)5-12/h6-7H,3-5H2,1-2H3/t6-,7+,9-,10+/m0/s1. The lowest BCUT2D eigenvalue weighted by Gasteiger charge is -2.34. The summed E-state index contributed by atoms with van der Waals surface area (Å²) in [6.07, 6.45) is 2.32. The van der Waals surface area contributed by atoms with Crippen molar-refractivity contribution < 1.29 is 4.79 Å². The molecule has 0 amide bonds. The van der Waals surface area contributed by atoms with Gasteiger partial charge in [-0.25, -0.2) is 0 Å². The SMILES string of the molecule is C[C@]12CC[C@@H]([C@@H](Br)C1=O)[C@@]2(C)CI. The molecule has 0 heterocycles. The van der Waals surface area contributed by atoms with Gasteiger partial charge in [0.15, 0.2) is 5.78 Å². The highest BCUT2D eigenvalue weighted by atomic mass is 127. The average Bonchev–Trinajstić information content (AvgIpc) is 2.44. The molecular weight excluding hydrogens is 343 g/mol. The molecule has 2 rings (SSSR count). The lowest BCUT2D eigenvalue weighted by atomic mass is 9.70. The molecule has 0 N–H and O–H groups in total. The van der Waals surface area contributed by atoms with Crippen molar-refractivity contribution >= 4 is 44.3 Å². The summed E-state index contributed by atoms with van der Waals surface area (Å²) in [6, 6.07) is 0. The van der Waals surface area contributed by atoms with E-state index in [1.165, 1.54) is 6.42 Å². The molecular formula is C10H14BrIO. The van der Waals surface area contributed by atoms with Gasteiger partial charge in [0.05, 0.1) is 4.83 Å². The third-order valence-corrected chi connectivity index (χ3v) is 7.10. The summed E-state index contributed by atoms with van der Waals surface area (Å²) in [4.78, 5) is 12.1. The maximum atomic E-state index is 12.0. The van der Waals surface area contributed by atoms with Gasteiger partial charge in [-0.3, -0.25) is 4.79 Å². The molecule has 2 aliphatic carbocycles. The van der Waals surface area contributed by atoms with Crippen LogP contribution in [0.3, 0.4) is 0 Å². The number of alkyl halides is 2. The Bertz CT molecular complexity index is 268. The van der Waals surface area contributed by atoms with Crippen molar-refractivity contribution in [1.29, 1.82) is 0 Å². The lowest BCUT2D eigenvalue weighted by molar-refractivity contribution is -0.127. The first-order valence-electron chi connectivity index (χ1n) is 4.72. The first kappa shape index (κ1) is 10.4. The molecule has 0 aromatic carbocycles. The van der Waals surface area contributed by atoms with Crippen LogP contribution in [0.25, 0.3) is 0 Å². The lowest BCUT2D eigenvalue weighted by Crippen LogP contribution is -2.36. The van der Waals surface area contributed by atoms with Crippen LogP contribution >= 0.6 is 38.5 Å². The summed E-state index contributed by atoms with van der Waals surface area (Å²) in [6.45, 7) is 4.45. The number of carbonyl (C=O) groups excluding carboxylic acids is 1. The van der Waals surface area contributed by atoms with Gasteiger partial charge in [0.1, 0.15) is 0 Å². The smallest absolute Gasteiger partial charge is 0.153 e. The molecule has 1 nitrogen and oxygen atoms in total. The highest BCUT2D eigenvalue weighted by Crippen LogP contribution is 2.65. The van der Waals surface area contributed by atoms with E-state index in [2.05, 4.69) is 52.4 Å². The zero-order valence-corrected chi connectivity index (χ0v) is 11.7. The van der Waals surface area contributed by atoms with E-state index in [1.54, 1.807) is 0 Å². The molecule has 0 aromatic heterocycles. The fourth-order valence-electron chi connectivity index (χ4n) is 3.07. The van der Waals surface area contributed by atoms with Crippen molar-refractivity contribution in [2.45, 2.75) is 31.5 Å². The average molecular weight is 357 g/mol. The second kappa shape index (κ2) is 2.94. The van der Waals surface area contributed by atoms with Gasteiger partial charge >= 0.3 is 0 Å². The van der Waals surface area contributed by atoms with Gasteiger partial charge in [-0.15, -0.1) is 0 Å². The van der Waals surface area contributed by atoms with E-state index in [1.807, 2.05) is 0 Å². The summed E-state index contributed by atoms with van der Waals surface area (Å²) < 4.78 is 1.10. The van der Waals surface area contributed by atoms with Gasteiger partial charge in [-0.1, -0.05) is 52.4 Å². The molecule has 3 heteroatoms. The Hall–Kier alpha value is 0.880. The van der Waals surface area contributed by atoms with Crippen LogP contribution in [0, 0.1) is 16.7 Å². The van der Waals surface area contributed by atoms with Crippen molar-refractivity contribution in [3.8, 4) is 0 Å². The van der Waals surface area contributed by atoms with Crippen molar-refractivity contribution in [3.05, 3.63) is 0 Å². The van der Waals surface area contributed by atoms with Crippen LogP contribution < -0.4 is 0 Å². The molecule has 2 fully saturated rings. The van der Waals surface area contributed by atoms with Crippen LogP contribution in [0.1, 0.15) is 26.7 Å². The molecule has 0 aromatic rings. The Kier molecular flexibility index (Phi) is 2.35. The number of Topliss-reactive ketones (excluding diaryl/α,β-unsaturated/α-hetero) is 1. The Labute approximate surface area is 101 Å². The molecule has 0 spiro atoms. The first-order chi connectivity index (χ1) is 5.97. The largest absolute Gasteiger partial charge is 0.298 e. The molecule has 0 unspecified atom stereocenters. The highest BCUT2D eigenvalue weighted by Gasteiger charge is 2.67. The van der Waals surface area contributed by atoms with Gasteiger partial charge < -0.3 is 0 Å². The number of rotatable bonds is 1. The molecule has 0 radical (unpaired) electrons. The Morgan fingerprint density at radius 3 is 2.54 bits per heavy atom. The van der Waals surface area contributed by atoms with E-state index in [4.69, 9.17) is 0 Å². The number of fused-ring (bicyclic) bond motifs is 2. The summed E-state index contributed by atoms with van der Waals surface area (Å²) in [5, 5.41) is 0. The highest BCUT2D eigenvalue weighted by molar-refractivity contribution is 14.1. The minimum atomic E-state index is -0.0486. The maximum Gasteiger partial charge on any atom is 0.153 e. The minimum absolute atomic E-state index is 0.0486. The summed E-state index contributed by atoms with van der Waals surface area (Å²) in [7, 11) is 0. The van der Waals surface area contributed by atoms with Gasteiger partial charge in [0.2, 0.25) is 0 Å². The van der Waals surface area contributed by atoms with Crippen molar-refractivity contribution in [3.63, 3.8) is 0 Å². The topological polar surface area (TPSA) is 17.1 Å². The van der Waals surface area contributed by atoms with Crippen molar-refractivity contribution in [2.24, 2.45) is 16.7 Å². The number of ketones is 1. The molecule has 2 saturated carbocycles. The molecule has 4 atom stereocenters. The van der Waals surface area contributed by atoms with Crippen molar-refractivity contribution in [2.75, 3.05) is 4.43 Å². The number of halogens is 2. The van der Waals surface area contributed by atoms with E-state index >= 15 is 0 Å². The monoisotopic (exact) mass is 356 g/mol. The van der Waals surface area contributed by atoms with E-state index in [0.717, 1.165) is 10.8 Å². The third-order valence-electron chi connectivity index (χ3n) is 4.46. The second-order valence-electron chi connectivity index (χ2n) is 4.79. The zero-order valence-electron chi connectivity index (χ0n) is 7.94. The second-order valence-corrected chi connectivity index (χ2v) is 6.54. The molecule has 2 bridgehead atoms. The summed E-state index contributed by atoms with van der Waals surface area (Å²) in [5.41, 5.74) is 0.186. The van der Waals surface area contributed by atoms with Crippen LogP contribution in [-0.2, 0) is 4.79 Å². The summed E-state index contributed by atoms with van der Waals surface area (Å²) in [5.74, 6) is 1.02. The predicted molar refractivity (Wildman–Crippen MR) is 65.5 cm³/mol. The molecule has 0 saturated heterocycles. The van der Waals surface area contributed by atoms with Crippen LogP contribution in [0.2, 0.25) is 0 Å². The molecule has 74 valence electrons. The Balaban J connectivity index is 2.49. The van der Waals surface area contributed by atoms with Crippen LogP contribution in [0.5, 0.6) is 0 Å². The fraction of sp³-hybridized carbons (Fsp3) is 0.900. The first-order valence-corrected chi connectivity index (χ1v) is 7.16. The van der Waals surface area contributed by atoms with Gasteiger partial charge in [0, 0.05) is 9.84 Å². The fourth-order valence-corrected chi connectivity index (χ4v) is 5.83. The van der Waals surface area contributed by atoms with Crippen molar-refractivity contribution in [1.82, 2.24) is 0 Å². The van der Waals surface area contributed by atoms with Gasteiger partial charge in [-0.05, 0) is 24.2 Å². The normalized spacial score (nSPS) is 54.6. The molecule has 13 heavy (non-hydrogen) atoms. The Morgan fingerprint density at radius 2 is 2.23 bits per heavy atom. The van der Waals surface area contributed by atoms with Crippen LogP contribution in [0.4, 0.5) is 0 Å². The number of hydrogen-bond acceptors (Lipinski definition) is 1.